The molecule has 8 nitrogen and oxygen atoms in total. The molecule has 0 spiro atoms. The fourth-order valence-corrected chi connectivity index (χ4v) is 5.89. The fourth-order valence-electron chi connectivity index (χ4n) is 4.29. The van der Waals surface area contributed by atoms with Gasteiger partial charge in [0, 0.05) is 26.1 Å². The van der Waals surface area contributed by atoms with Gasteiger partial charge in [-0.1, -0.05) is 62.2 Å². The van der Waals surface area contributed by atoms with E-state index in [-0.39, 0.29) is 48.2 Å². The molecule has 1 heterocycles. The number of rotatable bonds is 12. The van der Waals surface area contributed by atoms with Gasteiger partial charge >= 0.3 is 0 Å². The summed E-state index contributed by atoms with van der Waals surface area (Å²) >= 11 is 0. The van der Waals surface area contributed by atoms with Gasteiger partial charge in [-0.05, 0) is 43.9 Å². The molecule has 0 radical (unpaired) electrons. The van der Waals surface area contributed by atoms with Crippen molar-refractivity contribution in [1.82, 2.24) is 14.5 Å². The molecular formula is C27H35N3O5S. The maximum Gasteiger partial charge on any atom is 0.269 e. The van der Waals surface area contributed by atoms with Crippen LogP contribution >= 0.6 is 0 Å². The molecule has 0 aromatic heterocycles. The summed E-state index contributed by atoms with van der Waals surface area (Å²) in [4.78, 5) is 40.5. The van der Waals surface area contributed by atoms with Crippen molar-refractivity contribution < 1.29 is 22.8 Å². The monoisotopic (exact) mass is 513 g/mol. The van der Waals surface area contributed by atoms with Crippen LogP contribution in [0.15, 0.2) is 53.4 Å². The first kappa shape index (κ1) is 27.4. The Morgan fingerprint density at radius 1 is 1.03 bits per heavy atom. The number of sulfonamides is 1. The van der Waals surface area contributed by atoms with Crippen molar-refractivity contribution in [2.75, 3.05) is 13.1 Å². The Kier molecular flexibility index (Phi) is 9.25. The lowest BCUT2D eigenvalue weighted by atomic mass is 10.1. The average Bonchev–Trinajstić information content (AvgIpc) is 3.05. The molecular weight excluding hydrogens is 478 g/mol. The third-order valence-corrected chi connectivity index (χ3v) is 8.19. The molecule has 0 saturated carbocycles. The Morgan fingerprint density at radius 2 is 1.72 bits per heavy atom. The number of hydrogen-bond acceptors (Lipinski definition) is 5. The van der Waals surface area contributed by atoms with Crippen molar-refractivity contribution >= 4 is 27.7 Å². The molecule has 1 aliphatic rings. The van der Waals surface area contributed by atoms with Crippen LogP contribution in [0.25, 0.3) is 0 Å². The molecule has 0 saturated heterocycles. The van der Waals surface area contributed by atoms with Crippen molar-refractivity contribution in [1.29, 1.82) is 0 Å². The van der Waals surface area contributed by atoms with Gasteiger partial charge in [0.25, 0.3) is 15.9 Å². The van der Waals surface area contributed by atoms with Gasteiger partial charge in [0.1, 0.15) is 10.9 Å². The minimum atomic E-state index is -3.92. The number of hydrogen-bond donors (Lipinski definition) is 1. The number of aryl methyl sites for hydroxylation is 1. The summed E-state index contributed by atoms with van der Waals surface area (Å²) in [6.45, 7) is 6.61. The van der Waals surface area contributed by atoms with Gasteiger partial charge in [-0.15, -0.1) is 0 Å². The number of fused-ring (bicyclic) bond motifs is 1. The lowest BCUT2D eigenvalue weighted by Gasteiger charge is -2.31. The molecule has 3 rings (SSSR count). The van der Waals surface area contributed by atoms with E-state index >= 15 is 0 Å². The second-order valence-electron chi connectivity index (χ2n) is 9.06. The third-order valence-electron chi connectivity index (χ3n) is 6.35. The first-order valence-corrected chi connectivity index (χ1v) is 13.9. The Labute approximate surface area is 213 Å². The minimum Gasteiger partial charge on any atom is -0.354 e. The normalized spacial score (nSPS) is 14.9. The molecule has 0 bridgehead atoms. The Balaban J connectivity index is 1.72. The summed E-state index contributed by atoms with van der Waals surface area (Å²) in [5.74, 6) is -1.02. The second-order valence-corrected chi connectivity index (χ2v) is 10.9. The second kappa shape index (κ2) is 12.2. The SMILES string of the molecule is CCCCNC(=O)[C@H](CC)N(Cc1ccc(C)cc1)C(=O)CCCN1C(=O)c2ccccc2S1(=O)=O. The topological polar surface area (TPSA) is 104 Å². The van der Waals surface area contributed by atoms with Crippen LogP contribution in [-0.2, 0) is 26.2 Å². The molecule has 2 aromatic rings. The van der Waals surface area contributed by atoms with E-state index in [1.54, 1.807) is 17.0 Å². The van der Waals surface area contributed by atoms with E-state index < -0.39 is 22.0 Å². The molecule has 1 aliphatic heterocycles. The molecule has 2 aromatic carbocycles. The zero-order chi connectivity index (χ0) is 26.3. The number of carbonyl (C=O) groups is 3. The number of benzene rings is 2. The molecule has 3 amide bonds. The van der Waals surface area contributed by atoms with E-state index in [1.165, 1.54) is 12.1 Å². The standard InChI is InChI=1S/C27H35N3O5S/c1-4-6-17-28-26(32)23(5-2)29(19-21-15-13-20(3)14-16-21)25(31)12-9-18-30-27(33)22-10-7-8-11-24(22)36(30,34)35/h7-8,10-11,13-16,23H,4-6,9,12,17-19H2,1-3H3,(H,28,32)/t23-/m0/s1. The summed E-state index contributed by atoms with van der Waals surface area (Å²) in [6, 6.07) is 13.3. The van der Waals surface area contributed by atoms with Crippen molar-refractivity contribution in [3.05, 3.63) is 65.2 Å². The first-order chi connectivity index (χ1) is 17.2. The molecule has 1 N–H and O–H groups in total. The summed E-state index contributed by atoms with van der Waals surface area (Å²) in [5, 5.41) is 2.93. The van der Waals surface area contributed by atoms with Crippen molar-refractivity contribution in [2.45, 2.75) is 70.4 Å². The number of nitrogens with zero attached hydrogens (tertiary/aromatic N) is 2. The van der Waals surface area contributed by atoms with Gasteiger partial charge in [-0.25, -0.2) is 12.7 Å². The zero-order valence-corrected chi connectivity index (χ0v) is 22.0. The van der Waals surface area contributed by atoms with Crippen LogP contribution in [-0.4, -0.2) is 54.5 Å². The lowest BCUT2D eigenvalue weighted by molar-refractivity contribution is -0.141. The summed E-state index contributed by atoms with van der Waals surface area (Å²) in [5.41, 5.74) is 2.15. The van der Waals surface area contributed by atoms with Crippen LogP contribution in [0.4, 0.5) is 0 Å². The van der Waals surface area contributed by atoms with Crippen LogP contribution in [0.5, 0.6) is 0 Å². The molecule has 1 atom stereocenters. The van der Waals surface area contributed by atoms with Crippen molar-refractivity contribution in [2.24, 2.45) is 0 Å². The van der Waals surface area contributed by atoms with E-state index in [9.17, 15) is 22.8 Å². The van der Waals surface area contributed by atoms with Gasteiger partial charge in [0.2, 0.25) is 11.8 Å². The van der Waals surface area contributed by atoms with Crippen LogP contribution in [0.1, 0.15) is 67.4 Å². The number of carbonyl (C=O) groups excluding carboxylic acids is 3. The first-order valence-electron chi connectivity index (χ1n) is 12.5. The quantitative estimate of drug-likeness (QED) is 0.437. The predicted molar refractivity (Wildman–Crippen MR) is 138 cm³/mol. The molecule has 36 heavy (non-hydrogen) atoms. The van der Waals surface area contributed by atoms with Crippen molar-refractivity contribution in [3.8, 4) is 0 Å². The van der Waals surface area contributed by atoms with Gasteiger partial charge in [0.05, 0.1) is 5.56 Å². The highest BCUT2D eigenvalue weighted by Gasteiger charge is 2.40. The van der Waals surface area contributed by atoms with Gasteiger partial charge < -0.3 is 10.2 Å². The van der Waals surface area contributed by atoms with E-state index in [0.29, 0.717) is 13.0 Å². The Morgan fingerprint density at radius 3 is 2.36 bits per heavy atom. The predicted octanol–water partition coefficient (Wildman–Crippen LogP) is 3.64. The maximum atomic E-state index is 13.4. The molecule has 9 heteroatoms. The molecule has 0 unspecified atom stereocenters. The van der Waals surface area contributed by atoms with Gasteiger partial charge in [0.15, 0.2) is 0 Å². The number of nitrogens with one attached hydrogen (secondary N) is 1. The summed E-state index contributed by atoms with van der Waals surface area (Å²) in [7, 11) is -3.92. The number of unbranched alkanes of at least 4 members (excludes halogenated alkanes) is 1. The van der Waals surface area contributed by atoms with E-state index in [2.05, 4.69) is 5.32 Å². The Hall–Kier alpha value is -3.20. The van der Waals surface area contributed by atoms with Crippen molar-refractivity contribution in [3.63, 3.8) is 0 Å². The summed E-state index contributed by atoms with van der Waals surface area (Å²) < 4.78 is 26.4. The van der Waals surface area contributed by atoms with Crippen LogP contribution in [0.3, 0.4) is 0 Å². The smallest absolute Gasteiger partial charge is 0.269 e. The van der Waals surface area contributed by atoms with Crippen LogP contribution in [0.2, 0.25) is 0 Å². The summed E-state index contributed by atoms with van der Waals surface area (Å²) in [6.07, 6.45) is 2.43. The highest BCUT2D eigenvalue weighted by atomic mass is 32.2. The van der Waals surface area contributed by atoms with Gasteiger partial charge in [-0.2, -0.15) is 0 Å². The third kappa shape index (κ3) is 6.13. The number of amides is 3. The maximum absolute atomic E-state index is 13.4. The van der Waals surface area contributed by atoms with Gasteiger partial charge in [-0.3, -0.25) is 14.4 Å². The highest BCUT2D eigenvalue weighted by Crippen LogP contribution is 2.30. The highest BCUT2D eigenvalue weighted by molar-refractivity contribution is 7.90. The largest absolute Gasteiger partial charge is 0.354 e. The molecule has 0 fully saturated rings. The van der Waals surface area contributed by atoms with E-state index in [0.717, 1.165) is 28.3 Å². The Bertz CT molecular complexity index is 1190. The average molecular weight is 514 g/mol. The van der Waals surface area contributed by atoms with E-state index in [1.807, 2.05) is 45.0 Å². The van der Waals surface area contributed by atoms with Crippen LogP contribution in [0, 0.1) is 6.92 Å². The fraction of sp³-hybridized carbons (Fsp3) is 0.444. The minimum absolute atomic E-state index is 0.00267. The molecule has 0 aliphatic carbocycles. The lowest BCUT2D eigenvalue weighted by Crippen LogP contribution is -2.49. The molecule has 194 valence electrons. The zero-order valence-electron chi connectivity index (χ0n) is 21.2. The van der Waals surface area contributed by atoms with E-state index in [4.69, 9.17) is 0 Å². The van der Waals surface area contributed by atoms with Crippen LogP contribution < -0.4 is 5.32 Å².